The third-order valence-electron chi connectivity index (χ3n) is 4.01. The van der Waals surface area contributed by atoms with Crippen LogP contribution in [0.15, 0.2) is 29.4 Å². The number of carbonyl (C=O) groups is 4. The average Bonchev–Trinajstić information content (AvgIpc) is 2.68. The summed E-state index contributed by atoms with van der Waals surface area (Å²) in [6.07, 6.45) is -2.97. The molecule has 1 fully saturated rings. The summed E-state index contributed by atoms with van der Waals surface area (Å²) < 4.78 is 26.8. The summed E-state index contributed by atoms with van der Waals surface area (Å²) in [6.45, 7) is 4.35. The Morgan fingerprint density at radius 2 is 1.55 bits per heavy atom. The van der Waals surface area contributed by atoms with Gasteiger partial charge in [-0.2, -0.15) is 0 Å². The first-order valence-electron chi connectivity index (χ1n) is 9.42. The van der Waals surface area contributed by atoms with E-state index in [2.05, 4.69) is 9.98 Å². The summed E-state index contributed by atoms with van der Waals surface area (Å²) in [6, 6.07) is 5.17. The summed E-state index contributed by atoms with van der Waals surface area (Å²) in [5.74, 6) is -2.69. The number of hydrogen-bond acceptors (Lipinski definition) is 11. The van der Waals surface area contributed by atoms with E-state index >= 15 is 0 Å². The topological polar surface area (TPSA) is 140 Å². The van der Waals surface area contributed by atoms with Crippen molar-refractivity contribution >= 4 is 30.1 Å². The standard InChI is InChI=1S/C20H24N2O9/c1-11(23)27-10-16-17(28-12(2)24)18(29-13(3)25)19(30-14(4)26)20(31-16)22-9-15-7-5-6-8-21-15/h5-9,16-20H,10H2,1-4H3/b22-9+/t16-,17-,18+,19-,20-/m1/s1. The van der Waals surface area contributed by atoms with Gasteiger partial charge in [0.1, 0.15) is 12.7 Å². The van der Waals surface area contributed by atoms with Crippen molar-refractivity contribution in [1.82, 2.24) is 4.98 Å². The van der Waals surface area contributed by atoms with Gasteiger partial charge in [0, 0.05) is 33.9 Å². The van der Waals surface area contributed by atoms with Gasteiger partial charge >= 0.3 is 23.9 Å². The molecule has 2 rings (SSSR count). The number of pyridine rings is 1. The quantitative estimate of drug-likeness (QED) is 0.339. The molecule has 2 heterocycles. The van der Waals surface area contributed by atoms with E-state index in [1.54, 1.807) is 24.4 Å². The van der Waals surface area contributed by atoms with Crippen molar-refractivity contribution in [3.05, 3.63) is 30.1 Å². The molecule has 0 saturated carbocycles. The second-order valence-electron chi connectivity index (χ2n) is 6.62. The van der Waals surface area contributed by atoms with Gasteiger partial charge in [-0.05, 0) is 12.1 Å². The van der Waals surface area contributed by atoms with Crippen LogP contribution >= 0.6 is 0 Å². The maximum absolute atomic E-state index is 11.8. The Morgan fingerprint density at radius 3 is 2.10 bits per heavy atom. The van der Waals surface area contributed by atoms with Crippen LogP contribution in [-0.4, -0.2) is 72.3 Å². The molecule has 0 unspecified atom stereocenters. The van der Waals surface area contributed by atoms with Crippen LogP contribution in [0.1, 0.15) is 33.4 Å². The maximum atomic E-state index is 11.8. The second-order valence-corrected chi connectivity index (χ2v) is 6.62. The molecule has 0 N–H and O–H groups in total. The third-order valence-corrected chi connectivity index (χ3v) is 4.01. The fraction of sp³-hybridized carbons (Fsp3) is 0.500. The number of hydrogen-bond donors (Lipinski definition) is 0. The molecule has 31 heavy (non-hydrogen) atoms. The van der Waals surface area contributed by atoms with Crippen LogP contribution in [0, 0.1) is 0 Å². The molecule has 168 valence electrons. The Hall–Kier alpha value is -3.34. The highest BCUT2D eigenvalue weighted by Crippen LogP contribution is 2.30. The van der Waals surface area contributed by atoms with Crippen LogP contribution in [-0.2, 0) is 42.9 Å². The number of ether oxygens (including phenoxy) is 5. The number of carbonyl (C=O) groups excluding carboxylic acids is 4. The molecule has 1 aromatic rings. The molecule has 1 saturated heterocycles. The molecule has 1 aliphatic rings. The Kier molecular flexibility index (Phi) is 8.62. The van der Waals surface area contributed by atoms with Crippen LogP contribution in [0.2, 0.25) is 0 Å². The number of aliphatic imine (C=N–C) groups is 1. The van der Waals surface area contributed by atoms with Gasteiger partial charge in [-0.25, -0.2) is 0 Å². The first-order valence-corrected chi connectivity index (χ1v) is 9.42. The summed E-state index contributed by atoms with van der Waals surface area (Å²) in [5, 5.41) is 0. The summed E-state index contributed by atoms with van der Waals surface area (Å²) in [4.78, 5) is 54.8. The number of rotatable bonds is 7. The lowest BCUT2D eigenvalue weighted by Gasteiger charge is -2.43. The van der Waals surface area contributed by atoms with E-state index in [4.69, 9.17) is 23.7 Å². The number of nitrogens with zero attached hydrogens (tertiary/aromatic N) is 2. The van der Waals surface area contributed by atoms with Crippen molar-refractivity contribution in [3.8, 4) is 0 Å². The van der Waals surface area contributed by atoms with E-state index in [1.165, 1.54) is 13.1 Å². The van der Waals surface area contributed by atoms with E-state index in [0.29, 0.717) is 5.69 Å². The molecule has 11 heteroatoms. The maximum Gasteiger partial charge on any atom is 0.303 e. The predicted octanol–water partition coefficient (Wildman–Crippen LogP) is 0.584. The van der Waals surface area contributed by atoms with Gasteiger partial charge in [0.15, 0.2) is 24.5 Å². The zero-order valence-corrected chi connectivity index (χ0v) is 17.5. The molecule has 0 aromatic carbocycles. The molecule has 0 radical (unpaired) electrons. The highest BCUT2D eigenvalue weighted by Gasteiger charge is 2.52. The van der Waals surface area contributed by atoms with Crippen LogP contribution in [0.5, 0.6) is 0 Å². The Bertz CT molecular complexity index is 827. The molecule has 0 aliphatic carbocycles. The van der Waals surface area contributed by atoms with Gasteiger partial charge in [0.2, 0.25) is 0 Å². The van der Waals surface area contributed by atoms with Crippen molar-refractivity contribution in [2.75, 3.05) is 6.61 Å². The van der Waals surface area contributed by atoms with Crippen molar-refractivity contribution < 1.29 is 42.9 Å². The molecule has 1 aromatic heterocycles. The molecule has 0 amide bonds. The molecular formula is C20H24N2O9. The van der Waals surface area contributed by atoms with Crippen molar-refractivity contribution in [2.24, 2.45) is 4.99 Å². The van der Waals surface area contributed by atoms with E-state index in [1.807, 2.05) is 0 Å². The summed E-state index contributed by atoms with van der Waals surface area (Å²) in [5.41, 5.74) is 0.496. The van der Waals surface area contributed by atoms with Gasteiger partial charge in [0.05, 0.1) is 11.9 Å². The fourth-order valence-electron chi connectivity index (χ4n) is 2.93. The van der Waals surface area contributed by atoms with Crippen LogP contribution in [0.25, 0.3) is 0 Å². The highest BCUT2D eigenvalue weighted by atomic mass is 16.7. The summed E-state index contributed by atoms with van der Waals surface area (Å²) in [7, 11) is 0. The van der Waals surface area contributed by atoms with Crippen molar-refractivity contribution in [1.29, 1.82) is 0 Å². The predicted molar refractivity (Wildman–Crippen MR) is 104 cm³/mol. The first kappa shape index (κ1) is 23.9. The fourth-order valence-corrected chi connectivity index (χ4v) is 2.93. The van der Waals surface area contributed by atoms with Crippen LogP contribution in [0.4, 0.5) is 0 Å². The number of aromatic nitrogens is 1. The minimum Gasteiger partial charge on any atom is -0.463 e. The smallest absolute Gasteiger partial charge is 0.303 e. The zero-order chi connectivity index (χ0) is 23.0. The minimum absolute atomic E-state index is 0.312. The van der Waals surface area contributed by atoms with Crippen LogP contribution < -0.4 is 0 Å². The third kappa shape index (κ3) is 7.45. The molecule has 11 nitrogen and oxygen atoms in total. The van der Waals surface area contributed by atoms with E-state index in [-0.39, 0.29) is 6.61 Å². The highest BCUT2D eigenvalue weighted by molar-refractivity contribution is 5.77. The summed E-state index contributed by atoms with van der Waals surface area (Å²) >= 11 is 0. The van der Waals surface area contributed by atoms with Crippen molar-refractivity contribution in [2.45, 2.75) is 58.3 Å². The van der Waals surface area contributed by atoms with Gasteiger partial charge in [-0.3, -0.25) is 29.2 Å². The zero-order valence-electron chi connectivity index (χ0n) is 17.5. The molecular weight excluding hydrogens is 412 g/mol. The lowest BCUT2D eigenvalue weighted by molar-refractivity contribution is -0.250. The van der Waals surface area contributed by atoms with E-state index in [0.717, 1.165) is 20.8 Å². The van der Waals surface area contributed by atoms with Gasteiger partial charge < -0.3 is 23.7 Å². The number of esters is 4. The average molecular weight is 436 g/mol. The second kappa shape index (κ2) is 11.2. The SMILES string of the molecule is CC(=O)OC[C@H]1O[C@@H](/N=C/c2ccccn2)[C@H](OC(C)=O)[C@@H](OC(C)=O)[C@@H]1OC(C)=O. The molecule has 1 aliphatic heterocycles. The molecule has 5 atom stereocenters. The van der Waals surface area contributed by atoms with E-state index in [9.17, 15) is 19.2 Å². The largest absolute Gasteiger partial charge is 0.463 e. The van der Waals surface area contributed by atoms with Gasteiger partial charge in [0.25, 0.3) is 0 Å². The lowest BCUT2D eigenvalue weighted by Crippen LogP contribution is -2.62. The minimum atomic E-state index is -1.26. The van der Waals surface area contributed by atoms with Crippen LogP contribution in [0.3, 0.4) is 0 Å². The Labute approximate surface area is 178 Å². The lowest BCUT2D eigenvalue weighted by atomic mass is 9.97. The molecule has 0 spiro atoms. The van der Waals surface area contributed by atoms with Gasteiger partial charge in [-0.1, -0.05) is 6.07 Å². The normalized spacial score (nSPS) is 25.5. The first-order chi connectivity index (χ1) is 14.7. The van der Waals surface area contributed by atoms with E-state index < -0.39 is 54.5 Å². The van der Waals surface area contributed by atoms with Gasteiger partial charge in [-0.15, -0.1) is 0 Å². The monoisotopic (exact) mass is 436 g/mol. The Morgan fingerprint density at radius 1 is 0.935 bits per heavy atom. The molecule has 0 bridgehead atoms. The van der Waals surface area contributed by atoms with Crippen molar-refractivity contribution in [3.63, 3.8) is 0 Å². The Balaban J connectivity index is 2.43.